The highest BCUT2D eigenvalue weighted by atomic mass is 32.2. The van der Waals surface area contributed by atoms with E-state index >= 15 is 0 Å². The molecule has 0 saturated heterocycles. The van der Waals surface area contributed by atoms with Crippen molar-refractivity contribution in [2.45, 2.75) is 4.90 Å². The maximum absolute atomic E-state index is 13.1. The monoisotopic (exact) mass is 314 g/mol. The summed E-state index contributed by atoms with van der Waals surface area (Å²) >= 11 is 0. The van der Waals surface area contributed by atoms with Crippen LogP contribution in [0.1, 0.15) is 10.4 Å². The number of carboxylic acids is 1. The number of pyridine rings is 1. The highest BCUT2D eigenvalue weighted by molar-refractivity contribution is 7.92. The molecule has 2 N–H and O–H groups in total. The Labute approximate surface area is 118 Å². The van der Waals surface area contributed by atoms with E-state index in [1.165, 1.54) is 6.20 Å². The van der Waals surface area contributed by atoms with Crippen LogP contribution in [0.2, 0.25) is 0 Å². The number of nitrogens with one attached hydrogen (secondary N) is 1. The molecule has 0 unspecified atom stereocenters. The van der Waals surface area contributed by atoms with Crippen LogP contribution in [0.25, 0.3) is 0 Å². The molecule has 1 aromatic carbocycles. The van der Waals surface area contributed by atoms with Gasteiger partial charge in [-0.25, -0.2) is 22.0 Å². The third-order valence-electron chi connectivity index (χ3n) is 2.44. The highest BCUT2D eigenvalue weighted by Crippen LogP contribution is 2.20. The summed E-state index contributed by atoms with van der Waals surface area (Å²) in [6, 6.07) is 2.84. The topological polar surface area (TPSA) is 96.4 Å². The summed E-state index contributed by atoms with van der Waals surface area (Å²) in [5.41, 5.74) is -0.653. The molecule has 21 heavy (non-hydrogen) atoms. The first-order valence-electron chi connectivity index (χ1n) is 5.46. The lowest BCUT2D eigenvalue weighted by molar-refractivity contribution is 0.0698. The van der Waals surface area contributed by atoms with Crippen LogP contribution in [0.5, 0.6) is 0 Å². The molecular formula is C12H8F2N2O4S. The van der Waals surface area contributed by atoms with Crippen LogP contribution in [0.3, 0.4) is 0 Å². The van der Waals surface area contributed by atoms with Gasteiger partial charge in [-0.2, -0.15) is 0 Å². The maximum Gasteiger partial charge on any atom is 0.337 e. The first kappa shape index (κ1) is 14.9. The minimum absolute atomic E-state index is 0.310. The largest absolute Gasteiger partial charge is 0.478 e. The zero-order valence-electron chi connectivity index (χ0n) is 10.2. The van der Waals surface area contributed by atoms with Crippen molar-refractivity contribution in [3.63, 3.8) is 0 Å². The van der Waals surface area contributed by atoms with E-state index in [0.29, 0.717) is 18.2 Å². The van der Waals surface area contributed by atoms with Crippen molar-refractivity contribution < 1.29 is 27.1 Å². The van der Waals surface area contributed by atoms with Gasteiger partial charge in [0, 0.05) is 12.3 Å². The van der Waals surface area contributed by atoms with Crippen LogP contribution in [0.15, 0.2) is 41.6 Å². The number of rotatable bonds is 4. The number of hydrogen-bond donors (Lipinski definition) is 2. The van der Waals surface area contributed by atoms with E-state index in [-0.39, 0.29) is 11.3 Å². The Morgan fingerprint density at radius 1 is 1.19 bits per heavy atom. The van der Waals surface area contributed by atoms with Crippen molar-refractivity contribution in [3.8, 4) is 0 Å². The molecule has 1 aromatic heterocycles. The van der Waals surface area contributed by atoms with Crippen molar-refractivity contribution >= 4 is 21.7 Å². The summed E-state index contributed by atoms with van der Waals surface area (Å²) in [7, 11) is -4.35. The first-order chi connectivity index (χ1) is 9.79. The molecule has 2 aromatic rings. The van der Waals surface area contributed by atoms with Gasteiger partial charge in [-0.05, 0) is 18.2 Å². The molecule has 2 rings (SSSR count). The Balaban J connectivity index is 2.45. The number of carbonyl (C=O) groups is 1. The number of benzene rings is 1. The second kappa shape index (κ2) is 5.44. The first-order valence-corrected chi connectivity index (χ1v) is 6.94. The molecule has 110 valence electrons. The fourth-order valence-electron chi connectivity index (χ4n) is 1.55. The van der Waals surface area contributed by atoms with Crippen LogP contribution in [-0.2, 0) is 10.0 Å². The van der Waals surface area contributed by atoms with E-state index < -0.39 is 32.5 Å². The summed E-state index contributed by atoms with van der Waals surface area (Å²) < 4.78 is 52.1. The van der Waals surface area contributed by atoms with Crippen molar-refractivity contribution in [1.82, 2.24) is 4.98 Å². The number of carboxylic acid groups (broad SMARTS) is 1. The number of hydrogen-bond acceptors (Lipinski definition) is 4. The van der Waals surface area contributed by atoms with Crippen LogP contribution in [-0.4, -0.2) is 24.5 Å². The fraction of sp³-hybridized carbons (Fsp3) is 0. The molecule has 0 aliphatic carbocycles. The lowest BCUT2D eigenvalue weighted by Crippen LogP contribution is -2.16. The lowest BCUT2D eigenvalue weighted by atomic mass is 10.2. The number of aromatic carboxylic acids is 1. The molecule has 0 fully saturated rings. The molecule has 0 aliphatic rings. The molecule has 0 atom stereocenters. The molecule has 0 amide bonds. The van der Waals surface area contributed by atoms with E-state index in [0.717, 1.165) is 12.3 Å². The Morgan fingerprint density at radius 3 is 2.38 bits per heavy atom. The lowest BCUT2D eigenvalue weighted by Gasteiger charge is -2.10. The molecular weight excluding hydrogens is 306 g/mol. The predicted molar refractivity (Wildman–Crippen MR) is 68.4 cm³/mol. The van der Waals surface area contributed by atoms with Gasteiger partial charge in [-0.3, -0.25) is 9.71 Å². The summed E-state index contributed by atoms with van der Waals surface area (Å²) in [4.78, 5) is 13.9. The Morgan fingerprint density at radius 2 is 1.81 bits per heavy atom. The Hall–Kier alpha value is -2.55. The summed E-state index contributed by atoms with van der Waals surface area (Å²) in [6.07, 6.45) is 2.15. The Bertz CT molecular complexity index is 788. The average molecular weight is 314 g/mol. The summed E-state index contributed by atoms with van der Waals surface area (Å²) in [5, 5.41) is 8.94. The number of anilines is 1. The number of halogens is 2. The Kier molecular flexibility index (Phi) is 3.85. The molecule has 0 radical (unpaired) electrons. The van der Waals surface area contributed by atoms with Crippen molar-refractivity contribution in [2.24, 2.45) is 0 Å². The second-order valence-corrected chi connectivity index (χ2v) is 5.62. The van der Waals surface area contributed by atoms with E-state index in [2.05, 4.69) is 4.98 Å². The van der Waals surface area contributed by atoms with Crippen molar-refractivity contribution in [2.75, 3.05) is 4.72 Å². The summed E-state index contributed by atoms with van der Waals surface area (Å²) in [6.45, 7) is 0. The average Bonchev–Trinajstić information content (AvgIpc) is 2.37. The molecule has 1 heterocycles. The third-order valence-corrected chi connectivity index (χ3v) is 3.79. The minimum Gasteiger partial charge on any atom is -0.478 e. The van der Waals surface area contributed by atoms with Gasteiger partial charge in [0.25, 0.3) is 10.0 Å². The molecule has 6 nitrogen and oxygen atoms in total. The minimum atomic E-state index is -4.35. The van der Waals surface area contributed by atoms with Gasteiger partial charge in [-0.1, -0.05) is 0 Å². The molecule has 0 bridgehead atoms. The van der Waals surface area contributed by atoms with Crippen LogP contribution >= 0.6 is 0 Å². The molecule has 9 heteroatoms. The van der Waals surface area contributed by atoms with Crippen LogP contribution in [0.4, 0.5) is 14.5 Å². The third kappa shape index (κ3) is 3.31. The molecule has 0 saturated carbocycles. The smallest absolute Gasteiger partial charge is 0.337 e. The van der Waals surface area contributed by atoms with Crippen molar-refractivity contribution in [1.29, 1.82) is 0 Å². The highest BCUT2D eigenvalue weighted by Gasteiger charge is 2.20. The quantitative estimate of drug-likeness (QED) is 0.898. The van der Waals surface area contributed by atoms with E-state index in [9.17, 15) is 22.0 Å². The van der Waals surface area contributed by atoms with Gasteiger partial charge < -0.3 is 5.11 Å². The molecule has 0 spiro atoms. The van der Waals surface area contributed by atoms with Crippen molar-refractivity contribution in [3.05, 3.63) is 53.9 Å². The van der Waals surface area contributed by atoms with Gasteiger partial charge in [-0.15, -0.1) is 0 Å². The molecule has 0 aliphatic heterocycles. The van der Waals surface area contributed by atoms with Crippen LogP contribution in [0, 0.1) is 11.6 Å². The normalized spacial score (nSPS) is 11.1. The standard InChI is InChI=1S/C12H8F2N2O4S/c13-7-3-8(14)5-9(4-7)21(19,20)16-11-6-15-2-1-10(11)12(17)18/h1-6,16H,(H,17,18). The predicted octanol–water partition coefficient (Wildman–Crippen LogP) is 1.86. The van der Waals surface area contributed by atoms with Gasteiger partial charge >= 0.3 is 5.97 Å². The number of sulfonamides is 1. The number of nitrogens with zero attached hydrogens (tertiary/aromatic N) is 1. The van der Waals surface area contributed by atoms with Gasteiger partial charge in [0.1, 0.15) is 11.6 Å². The number of aromatic nitrogens is 1. The van der Waals surface area contributed by atoms with Gasteiger partial charge in [0.2, 0.25) is 0 Å². The van der Waals surface area contributed by atoms with E-state index in [4.69, 9.17) is 5.11 Å². The van der Waals surface area contributed by atoms with Gasteiger partial charge in [0.05, 0.1) is 22.3 Å². The summed E-state index contributed by atoms with van der Waals surface area (Å²) in [5.74, 6) is -3.51. The van der Waals surface area contributed by atoms with Gasteiger partial charge in [0.15, 0.2) is 0 Å². The second-order valence-electron chi connectivity index (χ2n) is 3.94. The van der Waals surface area contributed by atoms with E-state index in [1.54, 1.807) is 0 Å². The zero-order valence-corrected chi connectivity index (χ0v) is 11.1. The zero-order chi connectivity index (χ0) is 15.6. The fourth-order valence-corrected chi connectivity index (χ4v) is 2.66. The SMILES string of the molecule is O=C(O)c1ccncc1NS(=O)(=O)c1cc(F)cc(F)c1. The van der Waals surface area contributed by atoms with Crippen LogP contribution < -0.4 is 4.72 Å². The maximum atomic E-state index is 13.1. The van der Waals surface area contributed by atoms with E-state index in [1.807, 2.05) is 4.72 Å².